The van der Waals surface area contributed by atoms with E-state index < -0.39 is 0 Å². The molecule has 0 aromatic heterocycles. The molecule has 0 N–H and O–H groups in total. The number of unbranched alkanes of at least 4 members (excludes halogenated alkanes) is 3. The van der Waals surface area contributed by atoms with E-state index in [1.165, 1.54) is 56.1 Å². The largest absolute Gasteiger partial charge is 0.0839 e. The van der Waals surface area contributed by atoms with E-state index in [-0.39, 0.29) is 0 Å². The quantitative estimate of drug-likeness (QED) is 0.405. The first-order chi connectivity index (χ1) is 8.27. The van der Waals surface area contributed by atoms with Crippen LogP contribution in [0.15, 0.2) is 24.3 Å². The molecule has 0 aliphatic carbocycles. The summed E-state index contributed by atoms with van der Waals surface area (Å²) in [6, 6.07) is 9.12. The van der Waals surface area contributed by atoms with Crippen molar-refractivity contribution in [2.75, 3.05) is 0 Å². The Bertz CT molecular complexity index is 289. The summed E-state index contributed by atoms with van der Waals surface area (Å²) in [7, 11) is 0. The lowest BCUT2D eigenvalue weighted by atomic mass is 10.0. The van der Waals surface area contributed by atoms with Crippen LogP contribution in [0.3, 0.4) is 0 Å². The minimum Gasteiger partial charge on any atom is -0.0839 e. The van der Waals surface area contributed by atoms with Gasteiger partial charge in [0, 0.05) is 4.83 Å². The summed E-state index contributed by atoms with van der Waals surface area (Å²) in [5.74, 6) is 0. The van der Waals surface area contributed by atoms with Crippen LogP contribution in [-0.2, 0) is 6.42 Å². The highest BCUT2D eigenvalue weighted by Crippen LogP contribution is 2.28. The second kappa shape index (κ2) is 8.74. The van der Waals surface area contributed by atoms with Crippen LogP contribution in [0.4, 0.5) is 0 Å². The van der Waals surface area contributed by atoms with Crippen molar-refractivity contribution in [1.82, 2.24) is 0 Å². The average molecular weight is 297 g/mol. The highest BCUT2D eigenvalue weighted by Gasteiger charge is 2.06. The summed E-state index contributed by atoms with van der Waals surface area (Å²) in [5.41, 5.74) is 2.89. The molecule has 1 aromatic rings. The monoisotopic (exact) mass is 296 g/mol. The van der Waals surface area contributed by atoms with E-state index in [1.807, 2.05) is 0 Å². The standard InChI is InChI=1S/C16H25Br/c1-3-5-6-7-9-16(17)15-12-10-14(8-4-2)11-13-15/h10-13,16H,3-9H2,1-2H3. The Hall–Kier alpha value is -0.300. The van der Waals surface area contributed by atoms with Crippen LogP contribution >= 0.6 is 15.9 Å². The molecule has 96 valence electrons. The predicted molar refractivity (Wildman–Crippen MR) is 80.9 cm³/mol. The molecule has 1 unspecified atom stereocenters. The summed E-state index contributed by atoms with van der Waals surface area (Å²) >= 11 is 3.80. The van der Waals surface area contributed by atoms with E-state index in [2.05, 4.69) is 54.0 Å². The molecule has 0 aliphatic heterocycles. The van der Waals surface area contributed by atoms with Crippen molar-refractivity contribution in [2.24, 2.45) is 0 Å². The van der Waals surface area contributed by atoms with Gasteiger partial charge in [-0.05, 0) is 24.0 Å². The van der Waals surface area contributed by atoms with Crippen LogP contribution in [0.25, 0.3) is 0 Å². The van der Waals surface area contributed by atoms with Crippen molar-refractivity contribution in [1.29, 1.82) is 0 Å². The van der Waals surface area contributed by atoms with Crippen LogP contribution in [-0.4, -0.2) is 0 Å². The fourth-order valence-corrected chi connectivity index (χ4v) is 2.73. The summed E-state index contributed by atoms with van der Waals surface area (Å²) in [4.78, 5) is 0.537. The third kappa shape index (κ3) is 5.72. The number of alkyl halides is 1. The molecule has 1 heteroatoms. The Morgan fingerprint density at radius 3 is 2.24 bits per heavy atom. The van der Waals surface area contributed by atoms with Crippen LogP contribution in [0, 0.1) is 0 Å². The Kier molecular flexibility index (Phi) is 7.59. The Balaban J connectivity index is 2.37. The molecule has 0 saturated heterocycles. The van der Waals surface area contributed by atoms with Gasteiger partial charge in [-0.2, -0.15) is 0 Å². The average Bonchev–Trinajstić information content (AvgIpc) is 2.36. The molecule has 1 aromatic carbocycles. The minimum absolute atomic E-state index is 0.537. The Morgan fingerprint density at radius 2 is 1.65 bits per heavy atom. The van der Waals surface area contributed by atoms with Gasteiger partial charge in [-0.15, -0.1) is 0 Å². The molecule has 1 rings (SSSR count). The molecule has 0 fully saturated rings. The maximum Gasteiger partial charge on any atom is 0.0395 e. The lowest BCUT2D eigenvalue weighted by Gasteiger charge is -2.10. The first kappa shape index (κ1) is 14.8. The lowest BCUT2D eigenvalue weighted by Crippen LogP contribution is -1.91. The SMILES string of the molecule is CCCCCCC(Br)c1ccc(CCC)cc1. The zero-order valence-corrected chi connectivity index (χ0v) is 12.8. The molecule has 0 spiro atoms. The zero-order chi connectivity index (χ0) is 12.5. The van der Waals surface area contributed by atoms with Crippen LogP contribution in [0.1, 0.15) is 68.3 Å². The minimum atomic E-state index is 0.537. The molecule has 0 amide bonds. The van der Waals surface area contributed by atoms with Crippen LogP contribution in [0.2, 0.25) is 0 Å². The van der Waals surface area contributed by atoms with Gasteiger partial charge in [0.25, 0.3) is 0 Å². The second-order valence-corrected chi connectivity index (χ2v) is 5.91. The van der Waals surface area contributed by atoms with E-state index in [4.69, 9.17) is 0 Å². The maximum absolute atomic E-state index is 3.80. The fraction of sp³-hybridized carbons (Fsp3) is 0.625. The molecule has 1 atom stereocenters. The molecule has 0 heterocycles. The summed E-state index contributed by atoms with van der Waals surface area (Å²) in [6.07, 6.45) is 9.08. The smallest absolute Gasteiger partial charge is 0.0395 e. The van der Waals surface area contributed by atoms with E-state index in [9.17, 15) is 0 Å². The topological polar surface area (TPSA) is 0 Å². The molecular formula is C16H25Br. The van der Waals surface area contributed by atoms with Crippen molar-refractivity contribution in [3.63, 3.8) is 0 Å². The van der Waals surface area contributed by atoms with E-state index >= 15 is 0 Å². The molecule has 0 nitrogen and oxygen atoms in total. The zero-order valence-electron chi connectivity index (χ0n) is 11.2. The number of halogens is 1. The first-order valence-corrected chi connectivity index (χ1v) is 7.92. The number of aryl methyl sites for hydroxylation is 1. The van der Waals surface area contributed by atoms with Gasteiger partial charge in [0.05, 0.1) is 0 Å². The highest BCUT2D eigenvalue weighted by molar-refractivity contribution is 9.09. The second-order valence-electron chi connectivity index (χ2n) is 4.81. The van der Waals surface area contributed by atoms with Gasteiger partial charge in [-0.25, -0.2) is 0 Å². The molecule has 0 bridgehead atoms. The molecule has 0 aliphatic rings. The summed E-state index contributed by atoms with van der Waals surface area (Å²) in [6.45, 7) is 4.49. The third-order valence-electron chi connectivity index (χ3n) is 3.19. The molecule has 17 heavy (non-hydrogen) atoms. The predicted octanol–water partition coefficient (Wildman–Crippen LogP) is 6.05. The van der Waals surface area contributed by atoms with E-state index in [0.29, 0.717) is 4.83 Å². The number of hydrogen-bond donors (Lipinski definition) is 0. The normalized spacial score (nSPS) is 12.6. The highest BCUT2D eigenvalue weighted by atomic mass is 79.9. The van der Waals surface area contributed by atoms with Gasteiger partial charge in [-0.1, -0.05) is 86.1 Å². The van der Waals surface area contributed by atoms with Crippen molar-refractivity contribution < 1.29 is 0 Å². The Morgan fingerprint density at radius 1 is 0.941 bits per heavy atom. The van der Waals surface area contributed by atoms with Crippen LogP contribution in [0.5, 0.6) is 0 Å². The summed E-state index contributed by atoms with van der Waals surface area (Å²) < 4.78 is 0. The lowest BCUT2D eigenvalue weighted by molar-refractivity contribution is 0.630. The third-order valence-corrected chi connectivity index (χ3v) is 4.18. The fourth-order valence-electron chi connectivity index (χ4n) is 2.10. The summed E-state index contributed by atoms with van der Waals surface area (Å²) in [5, 5.41) is 0. The van der Waals surface area contributed by atoms with Gasteiger partial charge < -0.3 is 0 Å². The van der Waals surface area contributed by atoms with E-state index in [1.54, 1.807) is 0 Å². The van der Waals surface area contributed by atoms with Gasteiger partial charge in [0.1, 0.15) is 0 Å². The Labute approximate surface area is 115 Å². The van der Waals surface area contributed by atoms with Gasteiger partial charge >= 0.3 is 0 Å². The number of rotatable bonds is 8. The van der Waals surface area contributed by atoms with Gasteiger partial charge in [0.2, 0.25) is 0 Å². The molecule has 0 radical (unpaired) electrons. The van der Waals surface area contributed by atoms with Crippen molar-refractivity contribution in [2.45, 2.75) is 63.6 Å². The number of benzene rings is 1. The van der Waals surface area contributed by atoms with Crippen molar-refractivity contribution >= 4 is 15.9 Å². The van der Waals surface area contributed by atoms with Crippen LogP contribution < -0.4 is 0 Å². The van der Waals surface area contributed by atoms with E-state index in [0.717, 1.165) is 0 Å². The van der Waals surface area contributed by atoms with Crippen molar-refractivity contribution in [3.8, 4) is 0 Å². The van der Waals surface area contributed by atoms with Crippen molar-refractivity contribution in [3.05, 3.63) is 35.4 Å². The number of hydrogen-bond acceptors (Lipinski definition) is 0. The first-order valence-electron chi connectivity index (χ1n) is 7.00. The van der Waals surface area contributed by atoms with Gasteiger partial charge in [0.15, 0.2) is 0 Å². The van der Waals surface area contributed by atoms with Gasteiger partial charge in [-0.3, -0.25) is 0 Å². The maximum atomic E-state index is 3.80. The molecular weight excluding hydrogens is 272 g/mol. The molecule has 0 saturated carbocycles.